The molecule has 0 amide bonds. The molecule has 2 rings (SSSR count). The van der Waals surface area contributed by atoms with Gasteiger partial charge >= 0.3 is 0 Å². The van der Waals surface area contributed by atoms with Gasteiger partial charge in [-0.3, -0.25) is 4.68 Å². The lowest BCUT2D eigenvalue weighted by atomic mass is 10.2. The van der Waals surface area contributed by atoms with Crippen molar-refractivity contribution in [3.05, 3.63) is 12.4 Å². The zero-order valence-electron chi connectivity index (χ0n) is 11.0. The van der Waals surface area contributed by atoms with Gasteiger partial charge in [-0.05, 0) is 19.4 Å². The molecule has 108 valence electrons. The van der Waals surface area contributed by atoms with Gasteiger partial charge in [-0.2, -0.15) is 9.40 Å². The third kappa shape index (κ3) is 3.33. The molecule has 0 bridgehead atoms. The SMILES string of the molecule is Cn1cc(S(=O)(=O)N(CCO)CC2CCCN2)cn1. The molecule has 1 aliphatic heterocycles. The van der Waals surface area contributed by atoms with Crippen molar-refractivity contribution in [1.82, 2.24) is 19.4 Å². The second kappa shape index (κ2) is 6.00. The van der Waals surface area contributed by atoms with Crippen LogP contribution in [0, 0.1) is 0 Å². The highest BCUT2D eigenvalue weighted by Gasteiger charge is 2.28. The summed E-state index contributed by atoms with van der Waals surface area (Å²) in [7, 11) is -1.91. The monoisotopic (exact) mass is 288 g/mol. The molecular weight excluding hydrogens is 268 g/mol. The summed E-state index contributed by atoms with van der Waals surface area (Å²) in [5.41, 5.74) is 0. The van der Waals surface area contributed by atoms with Crippen LogP contribution in [0.15, 0.2) is 17.3 Å². The summed E-state index contributed by atoms with van der Waals surface area (Å²) in [5.74, 6) is 0. The van der Waals surface area contributed by atoms with Crippen molar-refractivity contribution < 1.29 is 13.5 Å². The number of nitrogens with one attached hydrogen (secondary N) is 1. The molecule has 0 spiro atoms. The summed E-state index contributed by atoms with van der Waals surface area (Å²) in [5, 5.41) is 16.2. The quantitative estimate of drug-likeness (QED) is 0.712. The van der Waals surface area contributed by atoms with Gasteiger partial charge in [0.2, 0.25) is 10.0 Å². The predicted octanol–water partition coefficient (Wildman–Crippen LogP) is -0.845. The average molecular weight is 288 g/mol. The maximum Gasteiger partial charge on any atom is 0.246 e. The van der Waals surface area contributed by atoms with Crippen LogP contribution in [0.4, 0.5) is 0 Å². The lowest BCUT2D eigenvalue weighted by molar-refractivity contribution is 0.246. The first kappa shape index (κ1) is 14.4. The van der Waals surface area contributed by atoms with Gasteiger partial charge in [0, 0.05) is 32.4 Å². The summed E-state index contributed by atoms with van der Waals surface area (Å²) in [6, 6.07) is 0.165. The molecule has 0 radical (unpaired) electrons. The van der Waals surface area contributed by atoms with Gasteiger partial charge in [-0.25, -0.2) is 8.42 Å². The predicted molar refractivity (Wildman–Crippen MR) is 70.1 cm³/mol. The minimum atomic E-state index is -3.58. The van der Waals surface area contributed by atoms with E-state index >= 15 is 0 Å². The molecule has 1 unspecified atom stereocenters. The molecule has 1 saturated heterocycles. The first-order valence-corrected chi connectivity index (χ1v) is 7.81. The van der Waals surface area contributed by atoms with E-state index in [1.165, 1.54) is 21.4 Å². The summed E-state index contributed by atoms with van der Waals surface area (Å²) in [4.78, 5) is 0.168. The van der Waals surface area contributed by atoms with Gasteiger partial charge in [0.1, 0.15) is 4.90 Å². The second-order valence-corrected chi connectivity index (χ2v) is 6.67. The van der Waals surface area contributed by atoms with Crippen molar-refractivity contribution in [1.29, 1.82) is 0 Å². The smallest absolute Gasteiger partial charge is 0.246 e. The Morgan fingerprint density at radius 2 is 2.42 bits per heavy atom. The Bertz CT molecular complexity index is 508. The van der Waals surface area contributed by atoms with Gasteiger partial charge in [0.05, 0.1) is 12.8 Å². The minimum absolute atomic E-state index is 0.107. The number of aryl methyl sites for hydroxylation is 1. The Morgan fingerprint density at radius 3 is 2.95 bits per heavy atom. The van der Waals surface area contributed by atoms with Crippen LogP contribution in [-0.4, -0.2) is 59.9 Å². The van der Waals surface area contributed by atoms with E-state index in [1.807, 2.05) is 0 Å². The first-order chi connectivity index (χ1) is 9.04. The molecule has 0 aromatic carbocycles. The molecule has 2 N–H and O–H groups in total. The Kier molecular flexibility index (Phi) is 4.56. The highest BCUT2D eigenvalue weighted by Crippen LogP contribution is 2.16. The van der Waals surface area contributed by atoms with Crippen molar-refractivity contribution in [2.75, 3.05) is 26.2 Å². The van der Waals surface area contributed by atoms with Gasteiger partial charge in [0.15, 0.2) is 0 Å². The maximum absolute atomic E-state index is 12.5. The van der Waals surface area contributed by atoms with Crippen molar-refractivity contribution >= 4 is 10.0 Å². The van der Waals surface area contributed by atoms with Crippen LogP contribution in [0.1, 0.15) is 12.8 Å². The number of sulfonamides is 1. The van der Waals surface area contributed by atoms with E-state index in [2.05, 4.69) is 10.4 Å². The fourth-order valence-electron chi connectivity index (χ4n) is 2.26. The normalized spacial score (nSPS) is 20.3. The average Bonchev–Trinajstić information content (AvgIpc) is 3.00. The lowest BCUT2D eigenvalue weighted by Crippen LogP contribution is -2.42. The largest absolute Gasteiger partial charge is 0.395 e. The van der Waals surface area contributed by atoms with Crippen LogP contribution in [-0.2, 0) is 17.1 Å². The van der Waals surface area contributed by atoms with Crippen LogP contribution in [0.25, 0.3) is 0 Å². The third-order valence-electron chi connectivity index (χ3n) is 3.25. The van der Waals surface area contributed by atoms with Crippen LogP contribution in [0.5, 0.6) is 0 Å². The standard InChI is InChI=1S/C11H20N4O3S/c1-14-9-11(7-13-14)19(17,18)15(5-6-16)8-10-3-2-4-12-10/h7,9-10,12,16H,2-6,8H2,1H3. The fraction of sp³-hybridized carbons (Fsp3) is 0.727. The van der Waals surface area contributed by atoms with Gasteiger partial charge in [-0.1, -0.05) is 0 Å². The highest BCUT2D eigenvalue weighted by molar-refractivity contribution is 7.89. The Balaban J connectivity index is 2.16. The van der Waals surface area contributed by atoms with Crippen molar-refractivity contribution in [2.24, 2.45) is 7.05 Å². The zero-order valence-corrected chi connectivity index (χ0v) is 11.8. The number of hydrogen-bond acceptors (Lipinski definition) is 5. The molecule has 19 heavy (non-hydrogen) atoms. The third-order valence-corrected chi connectivity index (χ3v) is 5.07. The Labute approximate surface area is 113 Å². The molecule has 1 aliphatic rings. The lowest BCUT2D eigenvalue weighted by Gasteiger charge is -2.23. The van der Waals surface area contributed by atoms with Crippen molar-refractivity contribution in [3.63, 3.8) is 0 Å². The number of hydrogen-bond donors (Lipinski definition) is 2. The fourth-order valence-corrected chi connectivity index (χ4v) is 3.72. The Hall–Kier alpha value is -0.960. The molecular formula is C11H20N4O3S. The second-order valence-electron chi connectivity index (χ2n) is 4.73. The molecule has 8 heteroatoms. The van der Waals surface area contributed by atoms with E-state index in [1.54, 1.807) is 7.05 Å². The number of rotatable bonds is 6. The molecule has 7 nitrogen and oxygen atoms in total. The minimum Gasteiger partial charge on any atom is -0.395 e. The topological polar surface area (TPSA) is 87.5 Å². The van der Waals surface area contributed by atoms with Crippen molar-refractivity contribution in [3.8, 4) is 0 Å². The van der Waals surface area contributed by atoms with E-state index in [0.29, 0.717) is 6.54 Å². The zero-order chi connectivity index (χ0) is 13.9. The van der Waals surface area contributed by atoms with Crippen LogP contribution in [0.3, 0.4) is 0 Å². The molecule has 2 heterocycles. The van der Waals surface area contributed by atoms with E-state index in [9.17, 15) is 8.42 Å². The summed E-state index contributed by atoms with van der Waals surface area (Å²) in [6.07, 6.45) is 4.83. The van der Waals surface area contributed by atoms with E-state index < -0.39 is 10.0 Å². The highest BCUT2D eigenvalue weighted by atomic mass is 32.2. The number of nitrogens with zero attached hydrogens (tertiary/aromatic N) is 3. The van der Waals surface area contributed by atoms with Crippen LogP contribution >= 0.6 is 0 Å². The summed E-state index contributed by atoms with van der Waals surface area (Å²) < 4.78 is 27.7. The molecule has 1 atom stereocenters. The number of aliphatic hydroxyl groups is 1. The Morgan fingerprint density at radius 1 is 1.63 bits per heavy atom. The maximum atomic E-state index is 12.5. The van der Waals surface area contributed by atoms with Gasteiger partial charge in [-0.15, -0.1) is 0 Å². The van der Waals surface area contributed by atoms with Crippen LogP contribution in [0.2, 0.25) is 0 Å². The molecule has 0 saturated carbocycles. The summed E-state index contributed by atoms with van der Waals surface area (Å²) in [6.45, 7) is 1.23. The molecule has 0 aliphatic carbocycles. The molecule has 1 aromatic rings. The van der Waals surface area contributed by atoms with Crippen LogP contribution < -0.4 is 5.32 Å². The van der Waals surface area contributed by atoms with E-state index in [0.717, 1.165) is 19.4 Å². The van der Waals surface area contributed by atoms with E-state index in [-0.39, 0.29) is 24.1 Å². The molecule has 1 aromatic heterocycles. The number of aliphatic hydroxyl groups excluding tert-OH is 1. The van der Waals surface area contributed by atoms with Crippen molar-refractivity contribution in [2.45, 2.75) is 23.8 Å². The van der Waals surface area contributed by atoms with Gasteiger partial charge < -0.3 is 10.4 Å². The number of aromatic nitrogens is 2. The summed E-state index contributed by atoms with van der Waals surface area (Å²) >= 11 is 0. The first-order valence-electron chi connectivity index (χ1n) is 6.37. The van der Waals surface area contributed by atoms with E-state index in [4.69, 9.17) is 5.11 Å². The van der Waals surface area contributed by atoms with Gasteiger partial charge in [0.25, 0.3) is 0 Å². The molecule has 1 fully saturated rings.